The van der Waals surface area contributed by atoms with Crippen LogP contribution in [0.25, 0.3) is 0 Å². The van der Waals surface area contributed by atoms with Crippen LogP contribution in [0.5, 0.6) is 11.5 Å². The summed E-state index contributed by atoms with van der Waals surface area (Å²) in [4.78, 5) is 26.8. The Morgan fingerprint density at radius 2 is 2.03 bits per heavy atom. The number of benzene rings is 2. The summed E-state index contributed by atoms with van der Waals surface area (Å²) in [7, 11) is 3.06. The Balaban J connectivity index is 1.76. The van der Waals surface area contributed by atoms with Crippen molar-refractivity contribution in [1.29, 1.82) is 0 Å². The number of nitrogens with one attached hydrogen (secondary N) is 3. The Kier molecular flexibility index (Phi) is 5.36. The van der Waals surface area contributed by atoms with Gasteiger partial charge in [-0.2, -0.15) is 0 Å². The molecule has 2 aromatic carbocycles. The first-order valence-corrected chi connectivity index (χ1v) is 10.2. The fourth-order valence-electron chi connectivity index (χ4n) is 4.62. The van der Waals surface area contributed by atoms with Crippen LogP contribution in [0, 0.1) is 12.8 Å². The summed E-state index contributed by atoms with van der Waals surface area (Å²) in [5, 5.41) is 19.4. The molecule has 1 saturated heterocycles. The molecular weight excluding hydrogens is 398 g/mol. The summed E-state index contributed by atoms with van der Waals surface area (Å²) in [6.45, 7) is 3.57. The molecule has 2 aliphatic heterocycles. The van der Waals surface area contributed by atoms with Gasteiger partial charge in [0.05, 0.1) is 31.9 Å². The number of carbonyl (C=O) groups excluding carboxylic acids is 2. The van der Waals surface area contributed by atoms with Crippen LogP contribution in [0.15, 0.2) is 36.4 Å². The van der Waals surface area contributed by atoms with Gasteiger partial charge in [-0.05, 0) is 38.0 Å². The zero-order valence-corrected chi connectivity index (χ0v) is 18.0. The Morgan fingerprint density at radius 1 is 1.26 bits per heavy atom. The van der Waals surface area contributed by atoms with Crippen molar-refractivity contribution < 1.29 is 24.2 Å². The van der Waals surface area contributed by atoms with Gasteiger partial charge in [0.25, 0.3) is 0 Å². The maximum atomic E-state index is 13.5. The van der Waals surface area contributed by atoms with Crippen LogP contribution in [-0.2, 0) is 15.1 Å². The van der Waals surface area contributed by atoms with Gasteiger partial charge in [0.15, 0.2) is 0 Å². The molecule has 0 aliphatic carbocycles. The molecule has 4 N–H and O–H groups in total. The largest absolute Gasteiger partial charge is 0.497 e. The summed E-state index contributed by atoms with van der Waals surface area (Å²) in [5.41, 5.74) is 1.53. The van der Waals surface area contributed by atoms with E-state index >= 15 is 0 Å². The fourth-order valence-corrected chi connectivity index (χ4v) is 4.62. The number of aryl methyl sites for hydroxylation is 1. The molecule has 1 unspecified atom stereocenters. The number of para-hydroxylation sites is 1. The monoisotopic (exact) mass is 425 g/mol. The predicted molar refractivity (Wildman–Crippen MR) is 116 cm³/mol. The molecule has 2 amide bonds. The standard InChI is InChI=1S/C23H27N3O5/c1-12-6-5-7-15-20(12)25-22(29)23(15)16(11-17(26-23)13(2)27)21(28)24-18-10-14(30-3)8-9-19(18)31-4/h5-10,13,16-17,26-27H,11H2,1-4H3,(H,24,28)(H,25,29)/t13?,16-,17-,23+/m1/s1. The van der Waals surface area contributed by atoms with Crippen molar-refractivity contribution in [2.24, 2.45) is 5.92 Å². The molecule has 4 atom stereocenters. The molecule has 2 aromatic rings. The number of methoxy groups -OCH3 is 2. The van der Waals surface area contributed by atoms with Gasteiger partial charge in [-0.15, -0.1) is 0 Å². The van der Waals surface area contributed by atoms with Crippen LogP contribution in [0.1, 0.15) is 24.5 Å². The van der Waals surface area contributed by atoms with Gasteiger partial charge in [0, 0.05) is 23.4 Å². The minimum atomic E-state index is -1.26. The van der Waals surface area contributed by atoms with E-state index in [1.807, 2.05) is 25.1 Å². The molecule has 8 heteroatoms. The van der Waals surface area contributed by atoms with Crippen LogP contribution in [0.3, 0.4) is 0 Å². The van der Waals surface area contributed by atoms with Gasteiger partial charge in [-0.3, -0.25) is 14.9 Å². The number of anilines is 2. The van der Waals surface area contributed by atoms with Crippen LogP contribution >= 0.6 is 0 Å². The second-order valence-electron chi connectivity index (χ2n) is 8.09. The van der Waals surface area contributed by atoms with E-state index in [1.54, 1.807) is 32.2 Å². The van der Waals surface area contributed by atoms with Crippen LogP contribution in [0.4, 0.5) is 11.4 Å². The molecule has 0 aromatic heterocycles. The highest BCUT2D eigenvalue weighted by Crippen LogP contribution is 2.48. The number of ether oxygens (including phenoxy) is 2. The Morgan fingerprint density at radius 3 is 2.71 bits per heavy atom. The highest BCUT2D eigenvalue weighted by Gasteiger charge is 2.60. The lowest BCUT2D eigenvalue weighted by Gasteiger charge is -2.29. The van der Waals surface area contributed by atoms with Gasteiger partial charge in [0.2, 0.25) is 11.8 Å². The number of carbonyl (C=O) groups is 2. The summed E-state index contributed by atoms with van der Waals surface area (Å²) in [5.74, 6) is -0.333. The summed E-state index contributed by atoms with van der Waals surface area (Å²) in [6.07, 6.45) is -0.431. The van der Waals surface area contributed by atoms with Crippen molar-refractivity contribution in [2.75, 3.05) is 24.9 Å². The van der Waals surface area contributed by atoms with Crippen LogP contribution in [0.2, 0.25) is 0 Å². The summed E-state index contributed by atoms with van der Waals surface area (Å²) >= 11 is 0. The first kappa shape index (κ1) is 21.1. The normalized spacial score (nSPS) is 25.1. The third-order valence-electron chi connectivity index (χ3n) is 6.28. The van der Waals surface area contributed by atoms with Gasteiger partial charge in [-0.1, -0.05) is 18.2 Å². The van der Waals surface area contributed by atoms with Crippen molar-refractivity contribution in [1.82, 2.24) is 5.32 Å². The quantitative estimate of drug-likeness (QED) is 0.585. The Bertz CT molecular complexity index is 1040. The number of hydrogen-bond acceptors (Lipinski definition) is 6. The topological polar surface area (TPSA) is 109 Å². The third-order valence-corrected chi connectivity index (χ3v) is 6.28. The smallest absolute Gasteiger partial charge is 0.250 e. The highest BCUT2D eigenvalue weighted by molar-refractivity contribution is 6.11. The van der Waals surface area contributed by atoms with E-state index in [0.717, 1.165) is 11.1 Å². The van der Waals surface area contributed by atoms with Gasteiger partial charge >= 0.3 is 0 Å². The second kappa shape index (κ2) is 7.86. The van der Waals surface area contributed by atoms with Gasteiger partial charge in [0.1, 0.15) is 17.0 Å². The zero-order valence-electron chi connectivity index (χ0n) is 18.0. The van der Waals surface area contributed by atoms with Crippen molar-refractivity contribution in [3.8, 4) is 11.5 Å². The molecule has 4 rings (SSSR count). The molecule has 164 valence electrons. The van der Waals surface area contributed by atoms with E-state index < -0.39 is 23.6 Å². The lowest BCUT2D eigenvalue weighted by atomic mass is 9.79. The van der Waals surface area contributed by atoms with E-state index in [0.29, 0.717) is 29.3 Å². The fraction of sp³-hybridized carbons (Fsp3) is 0.391. The molecule has 1 fully saturated rings. The second-order valence-corrected chi connectivity index (χ2v) is 8.09. The van der Waals surface area contributed by atoms with E-state index in [9.17, 15) is 14.7 Å². The minimum absolute atomic E-state index is 0.294. The summed E-state index contributed by atoms with van der Waals surface area (Å²) in [6, 6.07) is 10.3. The maximum Gasteiger partial charge on any atom is 0.250 e. The van der Waals surface area contributed by atoms with Gasteiger partial charge in [-0.25, -0.2) is 0 Å². The number of rotatable bonds is 5. The Hall–Kier alpha value is -3.10. The van der Waals surface area contributed by atoms with Crippen molar-refractivity contribution in [3.63, 3.8) is 0 Å². The average molecular weight is 425 g/mol. The SMILES string of the molecule is COc1ccc(OC)c(NC(=O)[C@H]2C[C@H](C(C)O)N[C@]23C(=O)Nc2c(C)cccc23)c1. The van der Waals surface area contributed by atoms with Crippen molar-refractivity contribution in [3.05, 3.63) is 47.5 Å². The molecule has 31 heavy (non-hydrogen) atoms. The maximum absolute atomic E-state index is 13.5. The lowest BCUT2D eigenvalue weighted by molar-refractivity contribution is -0.130. The first-order chi connectivity index (χ1) is 14.8. The molecule has 2 heterocycles. The molecule has 8 nitrogen and oxygen atoms in total. The number of amides is 2. The van der Waals surface area contributed by atoms with E-state index in [4.69, 9.17) is 9.47 Å². The third kappa shape index (κ3) is 3.32. The van der Waals surface area contributed by atoms with Gasteiger partial charge < -0.3 is 25.2 Å². The predicted octanol–water partition coefficient (Wildman–Crippen LogP) is 2.16. The Labute approximate surface area is 180 Å². The van der Waals surface area contributed by atoms with E-state index in [-0.39, 0.29) is 11.8 Å². The number of hydrogen-bond donors (Lipinski definition) is 4. The zero-order chi connectivity index (χ0) is 22.3. The number of aliphatic hydroxyl groups excluding tert-OH is 1. The summed E-state index contributed by atoms with van der Waals surface area (Å²) < 4.78 is 10.6. The molecular formula is C23H27N3O5. The van der Waals surface area contributed by atoms with E-state index in [2.05, 4.69) is 16.0 Å². The molecule has 1 spiro atoms. The van der Waals surface area contributed by atoms with Crippen molar-refractivity contribution in [2.45, 2.75) is 38.0 Å². The van der Waals surface area contributed by atoms with Crippen LogP contribution in [-0.4, -0.2) is 43.3 Å². The number of fused-ring (bicyclic) bond motifs is 2. The molecule has 0 bridgehead atoms. The van der Waals surface area contributed by atoms with E-state index in [1.165, 1.54) is 7.11 Å². The number of aliphatic hydroxyl groups is 1. The van der Waals surface area contributed by atoms with Crippen LogP contribution < -0.4 is 25.4 Å². The lowest BCUT2D eigenvalue weighted by Crippen LogP contribution is -2.53. The molecule has 0 radical (unpaired) electrons. The molecule has 0 saturated carbocycles. The average Bonchev–Trinajstić information content (AvgIpc) is 3.29. The minimum Gasteiger partial charge on any atom is -0.497 e. The highest BCUT2D eigenvalue weighted by atomic mass is 16.5. The first-order valence-electron chi connectivity index (χ1n) is 10.2. The molecule has 2 aliphatic rings. The van der Waals surface area contributed by atoms with Crippen molar-refractivity contribution >= 4 is 23.2 Å².